The second-order valence-electron chi connectivity index (χ2n) is 6.46. The molecule has 0 unspecified atom stereocenters. The lowest BCUT2D eigenvalue weighted by atomic mass is 10.1. The van der Waals surface area contributed by atoms with Crippen molar-refractivity contribution in [2.45, 2.75) is 39.7 Å². The molecule has 0 aromatic heterocycles. The maximum atomic E-state index is 12.4. The Labute approximate surface area is 127 Å². The van der Waals surface area contributed by atoms with Gasteiger partial charge in [-0.1, -0.05) is 17.7 Å². The van der Waals surface area contributed by atoms with E-state index in [0.29, 0.717) is 0 Å². The lowest BCUT2D eigenvalue weighted by molar-refractivity contribution is 0.142. The minimum Gasteiger partial charge on any atom is -0.322 e. The Balaban J connectivity index is 1.61. The van der Waals surface area contributed by atoms with Gasteiger partial charge in [0.05, 0.1) is 0 Å². The highest BCUT2D eigenvalue weighted by atomic mass is 16.2. The number of nitrogens with zero attached hydrogens (tertiary/aromatic N) is 2. The number of piperazine rings is 1. The summed E-state index contributed by atoms with van der Waals surface area (Å²) >= 11 is 0. The van der Waals surface area contributed by atoms with Crippen LogP contribution in [0.15, 0.2) is 12.1 Å². The number of hydrogen-bond donors (Lipinski definition) is 1. The SMILES string of the molecule is Cc1cc(C)c(NC(=O)N2CCN(C3CC3)CC2)c(C)c1. The van der Waals surface area contributed by atoms with Crippen molar-refractivity contribution >= 4 is 11.7 Å². The summed E-state index contributed by atoms with van der Waals surface area (Å²) in [5.41, 5.74) is 4.48. The third-order valence-electron chi connectivity index (χ3n) is 4.57. The number of anilines is 1. The number of hydrogen-bond acceptors (Lipinski definition) is 2. The Hall–Kier alpha value is -1.55. The molecule has 2 fully saturated rings. The average Bonchev–Trinajstić information content (AvgIpc) is 3.27. The third kappa shape index (κ3) is 3.21. The first kappa shape index (κ1) is 14.4. The van der Waals surface area contributed by atoms with Gasteiger partial charge in [0.1, 0.15) is 0 Å². The van der Waals surface area contributed by atoms with Crippen molar-refractivity contribution in [2.75, 3.05) is 31.5 Å². The molecule has 0 radical (unpaired) electrons. The maximum Gasteiger partial charge on any atom is 0.321 e. The number of amides is 2. The van der Waals surface area contributed by atoms with Crippen molar-refractivity contribution in [1.82, 2.24) is 9.80 Å². The summed E-state index contributed by atoms with van der Waals surface area (Å²) in [4.78, 5) is 16.9. The van der Waals surface area contributed by atoms with Crippen LogP contribution < -0.4 is 5.32 Å². The van der Waals surface area contributed by atoms with Crippen molar-refractivity contribution in [3.63, 3.8) is 0 Å². The standard InChI is InChI=1S/C17H25N3O/c1-12-10-13(2)16(14(3)11-12)18-17(21)20-8-6-19(7-9-20)15-4-5-15/h10-11,15H,4-9H2,1-3H3,(H,18,21). The fourth-order valence-electron chi connectivity index (χ4n) is 3.29. The van der Waals surface area contributed by atoms with E-state index in [1.807, 2.05) is 4.90 Å². The second-order valence-corrected chi connectivity index (χ2v) is 6.46. The Bertz CT molecular complexity index is 520. The number of urea groups is 1. The first-order valence-corrected chi connectivity index (χ1v) is 7.92. The van der Waals surface area contributed by atoms with E-state index in [1.54, 1.807) is 0 Å². The fraction of sp³-hybridized carbons (Fsp3) is 0.588. The van der Waals surface area contributed by atoms with Crippen LogP contribution in [0.1, 0.15) is 29.5 Å². The van der Waals surface area contributed by atoms with Gasteiger partial charge in [-0.25, -0.2) is 4.79 Å². The number of nitrogens with one attached hydrogen (secondary N) is 1. The van der Waals surface area contributed by atoms with Crippen LogP contribution in [0.25, 0.3) is 0 Å². The topological polar surface area (TPSA) is 35.6 Å². The summed E-state index contributed by atoms with van der Waals surface area (Å²) in [6.07, 6.45) is 2.68. The van der Waals surface area contributed by atoms with E-state index in [1.165, 1.54) is 18.4 Å². The Morgan fingerprint density at radius 2 is 1.62 bits per heavy atom. The third-order valence-corrected chi connectivity index (χ3v) is 4.57. The van der Waals surface area contributed by atoms with Crippen LogP contribution in [0, 0.1) is 20.8 Å². The quantitative estimate of drug-likeness (QED) is 0.908. The van der Waals surface area contributed by atoms with E-state index in [4.69, 9.17) is 0 Å². The van der Waals surface area contributed by atoms with Crippen molar-refractivity contribution in [1.29, 1.82) is 0 Å². The van der Waals surface area contributed by atoms with Crippen LogP contribution in [-0.2, 0) is 0 Å². The van der Waals surface area contributed by atoms with Gasteiger partial charge in [-0.2, -0.15) is 0 Å². The molecule has 1 aromatic rings. The molecule has 1 aliphatic carbocycles. The zero-order chi connectivity index (χ0) is 15.0. The largest absolute Gasteiger partial charge is 0.322 e. The molecule has 2 amide bonds. The van der Waals surface area contributed by atoms with Gasteiger partial charge >= 0.3 is 6.03 Å². The molecule has 21 heavy (non-hydrogen) atoms. The van der Waals surface area contributed by atoms with Gasteiger partial charge in [-0.05, 0) is 44.7 Å². The molecule has 3 rings (SSSR count). The fourth-order valence-corrected chi connectivity index (χ4v) is 3.29. The summed E-state index contributed by atoms with van der Waals surface area (Å²) in [5.74, 6) is 0. The summed E-state index contributed by atoms with van der Waals surface area (Å²) in [6.45, 7) is 9.91. The molecule has 4 heteroatoms. The molecule has 1 N–H and O–H groups in total. The highest BCUT2D eigenvalue weighted by Crippen LogP contribution is 2.28. The molecule has 2 aliphatic rings. The van der Waals surface area contributed by atoms with Gasteiger partial charge in [0.2, 0.25) is 0 Å². The van der Waals surface area contributed by atoms with Gasteiger partial charge in [-0.15, -0.1) is 0 Å². The highest BCUT2D eigenvalue weighted by molar-refractivity contribution is 5.91. The zero-order valence-corrected chi connectivity index (χ0v) is 13.3. The van der Waals surface area contributed by atoms with Crippen LogP contribution in [0.2, 0.25) is 0 Å². The number of carbonyl (C=O) groups is 1. The van der Waals surface area contributed by atoms with Crippen molar-refractivity contribution < 1.29 is 4.79 Å². The van der Waals surface area contributed by atoms with E-state index >= 15 is 0 Å². The van der Waals surface area contributed by atoms with Gasteiger partial charge in [0, 0.05) is 37.9 Å². The smallest absolute Gasteiger partial charge is 0.321 e. The van der Waals surface area contributed by atoms with E-state index in [0.717, 1.165) is 49.0 Å². The summed E-state index contributed by atoms with van der Waals surface area (Å²) in [5, 5.41) is 3.10. The molecule has 1 aliphatic heterocycles. The van der Waals surface area contributed by atoms with E-state index in [9.17, 15) is 4.79 Å². The van der Waals surface area contributed by atoms with Gasteiger partial charge in [0.15, 0.2) is 0 Å². The van der Waals surface area contributed by atoms with E-state index in [2.05, 4.69) is 43.1 Å². The molecule has 1 heterocycles. The molecule has 1 aromatic carbocycles. The van der Waals surface area contributed by atoms with E-state index < -0.39 is 0 Å². The molecule has 1 saturated carbocycles. The first-order valence-electron chi connectivity index (χ1n) is 7.92. The summed E-state index contributed by atoms with van der Waals surface area (Å²) in [6, 6.07) is 5.08. The maximum absolute atomic E-state index is 12.4. The predicted octanol–water partition coefficient (Wildman–Crippen LogP) is 2.92. The van der Waals surface area contributed by atoms with Gasteiger partial charge in [-0.3, -0.25) is 4.90 Å². The average molecular weight is 287 g/mol. The van der Waals surface area contributed by atoms with Crippen molar-refractivity contribution in [2.24, 2.45) is 0 Å². The molecule has 0 atom stereocenters. The molecular formula is C17H25N3O. The summed E-state index contributed by atoms with van der Waals surface area (Å²) < 4.78 is 0. The monoisotopic (exact) mass is 287 g/mol. The lowest BCUT2D eigenvalue weighted by Crippen LogP contribution is -2.50. The van der Waals surface area contributed by atoms with Crippen molar-refractivity contribution in [3.8, 4) is 0 Å². The predicted molar refractivity (Wildman–Crippen MR) is 85.8 cm³/mol. The Kier molecular flexibility index (Phi) is 3.89. The normalized spacial score (nSPS) is 19.7. The van der Waals surface area contributed by atoms with Crippen LogP contribution in [0.5, 0.6) is 0 Å². The van der Waals surface area contributed by atoms with E-state index in [-0.39, 0.29) is 6.03 Å². The minimum absolute atomic E-state index is 0.0421. The number of benzene rings is 1. The van der Waals surface area contributed by atoms with Crippen LogP contribution in [-0.4, -0.2) is 48.1 Å². The zero-order valence-electron chi connectivity index (χ0n) is 13.3. The Morgan fingerprint density at radius 3 is 2.14 bits per heavy atom. The number of rotatable bonds is 2. The van der Waals surface area contributed by atoms with Crippen molar-refractivity contribution in [3.05, 3.63) is 28.8 Å². The van der Waals surface area contributed by atoms with Crippen LogP contribution in [0.4, 0.5) is 10.5 Å². The molecule has 4 nitrogen and oxygen atoms in total. The Morgan fingerprint density at radius 1 is 1.05 bits per heavy atom. The lowest BCUT2D eigenvalue weighted by Gasteiger charge is -2.35. The molecule has 1 saturated heterocycles. The van der Waals surface area contributed by atoms with Gasteiger partial charge < -0.3 is 10.2 Å². The molecular weight excluding hydrogens is 262 g/mol. The summed E-state index contributed by atoms with van der Waals surface area (Å²) in [7, 11) is 0. The molecule has 114 valence electrons. The van der Waals surface area contributed by atoms with Crippen LogP contribution >= 0.6 is 0 Å². The first-order chi connectivity index (χ1) is 10.0. The molecule has 0 spiro atoms. The number of carbonyl (C=O) groups excluding carboxylic acids is 1. The van der Waals surface area contributed by atoms with Gasteiger partial charge in [0.25, 0.3) is 0 Å². The minimum atomic E-state index is 0.0421. The highest BCUT2D eigenvalue weighted by Gasteiger charge is 2.32. The second kappa shape index (κ2) is 5.68. The van der Waals surface area contributed by atoms with Crippen LogP contribution in [0.3, 0.4) is 0 Å². The molecule has 0 bridgehead atoms. The number of aryl methyl sites for hydroxylation is 3.